The molecule has 1 N–H and O–H groups in total. The molecule has 0 unspecified atom stereocenters. The molecule has 1 rings (SSSR count). The number of hydrogen-bond donors (Lipinski definition) is 1. The van der Waals surface area contributed by atoms with E-state index in [0.717, 1.165) is 6.54 Å². The topological polar surface area (TPSA) is 32.7 Å². The Morgan fingerprint density at radius 1 is 1.50 bits per heavy atom. The van der Waals surface area contributed by atoms with Gasteiger partial charge in [0, 0.05) is 19.0 Å². The molecule has 0 aromatic rings. The highest BCUT2D eigenvalue weighted by molar-refractivity contribution is 4.92. The summed E-state index contributed by atoms with van der Waals surface area (Å²) >= 11 is 0. The second-order valence-corrected chi connectivity index (χ2v) is 5.95. The molecule has 0 amide bonds. The van der Waals surface area contributed by atoms with Gasteiger partial charge in [-0.2, -0.15) is 0 Å². The van der Waals surface area contributed by atoms with Crippen LogP contribution in [0.4, 0.5) is 0 Å². The minimum absolute atomic E-state index is 0.344. The molecule has 1 heterocycles. The third kappa shape index (κ3) is 5.39. The van der Waals surface area contributed by atoms with Crippen LogP contribution in [0.2, 0.25) is 0 Å². The van der Waals surface area contributed by atoms with Crippen LogP contribution in [-0.2, 0) is 4.74 Å². The first-order valence-electron chi connectivity index (χ1n) is 6.94. The van der Waals surface area contributed by atoms with Crippen LogP contribution in [0.15, 0.2) is 0 Å². The van der Waals surface area contributed by atoms with Crippen molar-refractivity contribution in [1.82, 2.24) is 4.90 Å². The summed E-state index contributed by atoms with van der Waals surface area (Å²) in [5.74, 6) is 2.60. The first-order valence-corrected chi connectivity index (χ1v) is 6.94. The van der Waals surface area contributed by atoms with Crippen LogP contribution in [0, 0.1) is 12.3 Å². The Morgan fingerprint density at radius 2 is 2.22 bits per heavy atom. The molecule has 0 bridgehead atoms. The van der Waals surface area contributed by atoms with Gasteiger partial charge in [-0.25, -0.2) is 0 Å². The molecule has 1 aliphatic rings. The average molecular weight is 253 g/mol. The normalized spacial score (nSPS) is 23.6. The molecule has 0 radical (unpaired) electrons. The fourth-order valence-electron chi connectivity index (χ4n) is 2.37. The third-order valence-corrected chi connectivity index (χ3v) is 3.58. The molecule has 3 nitrogen and oxygen atoms in total. The minimum atomic E-state index is -0.428. The molecule has 3 heteroatoms. The van der Waals surface area contributed by atoms with Gasteiger partial charge in [0.25, 0.3) is 0 Å². The van der Waals surface area contributed by atoms with Crippen molar-refractivity contribution in [1.29, 1.82) is 0 Å². The molecule has 2 atom stereocenters. The number of aliphatic hydroxyl groups excluding tert-OH is 1. The van der Waals surface area contributed by atoms with E-state index >= 15 is 0 Å². The van der Waals surface area contributed by atoms with Gasteiger partial charge in [0.15, 0.2) is 0 Å². The molecule has 104 valence electrons. The molecule has 0 aromatic heterocycles. The quantitative estimate of drug-likeness (QED) is 0.735. The van der Waals surface area contributed by atoms with Crippen LogP contribution in [0.25, 0.3) is 0 Å². The zero-order valence-corrected chi connectivity index (χ0v) is 12.0. The average Bonchev–Trinajstić information content (AvgIpc) is 2.30. The van der Waals surface area contributed by atoms with Gasteiger partial charge in [-0.15, -0.1) is 12.3 Å². The van der Waals surface area contributed by atoms with Crippen molar-refractivity contribution in [2.24, 2.45) is 0 Å². The maximum Gasteiger partial charge on any atom is 0.0900 e. The number of ether oxygens (including phenoxy) is 1. The van der Waals surface area contributed by atoms with Gasteiger partial charge >= 0.3 is 0 Å². The standard InChI is InChI=1S/C15H27NO2/c1-5-9-15(3,4)18-12-14(17)11-16-10-7-6-8-13(16)2/h1,13-14,17H,6-12H2,2-4H3/t13-,14+/m0/s1. The summed E-state index contributed by atoms with van der Waals surface area (Å²) in [6.07, 6.45) is 9.20. The summed E-state index contributed by atoms with van der Waals surface area (Å²) < 4.78 is 5.69. The molecule has 18 heavy (non-hydrogen) atoms. The Balaban J connectivity index is 2.28. The van der Waals surface area contributed by atoms with Crippen molar-refractivity contribution in [3.05, 3.63) is 0 Å². The number of β-amino-alcohol motifs (C(OH)–C–C–N with tert-alkyl or cyclic N) is 1. The summed E-state index contributed by atoms with van der Waals surface area (Å²) in [7, 11) is 0. The summed E-state index contributed by atoms with van der Waals surface area (Å²) in [5.41, 5.74) is -0.344. The number of aliphatic hydroxyl groups is 1. The number of likely N-dealkylation sites (tertiary alicyclic amines) is 1. The van der Waals surface area contributed by atoms with Gasteiger partial charge in [0.05, 0.1) is 18.3 Å². The van der Waals surface area contributed by atoms with Crippen LogP contribution >= 0.6 is 0 Å². The van der Waals surface area contributed by atoms with E-state index in [2.05, 4.69) is 17.7 Å². The predicted octanol–water partition coefficient (Wildman–Crippen LogP) is 2.04. The van der Waals surface area contributed by atoms with Crippen molar-refractivity contribution >= 4 is 0 Å². The SMILES string of the molecule is C#CCC(C)(C)OC[C@H](O)CN1CCCC[C@@H]1C. The zero-order chi connectivity index (χ0) is 13.6. The summed E-state index contributed by atoms with van der Waals surface area (Å²) in [6, 6.07) is 0.576. The first kappa shape index (κ1) is 15.5. The summed E-state index contributed by atoms with van der Waals surface area (Å²) in [5, 5.41) is 10.0. The molecule has 1 fully saturated rings. The van der Waals surface area contributed by atoms with E-state index in [0.29, 0.717) is 25.6 Å². The molecule has 1 saturated heterocycles. The lowest BCUT2D eigenvalue weighted by molar-refractivity contribution is -0.0665. The van der Waals surface area contributed by atoms with Gasteiger partial charge in [-0.05, 0) is 40.2 Å². The highest BCUT2D eigenvalue weighted by atomic mass is 16.5. The molecular weight excluding hydrogens is 226 g/mol. The Labute approximate surface area is 112 Å². The fourth-order valence-corrected chi connectivity index (χ4v) is 2.37. The summed E-state index contributed by atoms with van der Waals surface area (Å²) in [6.45, 7) is 8.30. The molecule has 1 aliphatic heterocycles. The van der Waals surface area contributed by atoms with E-state index in [1.807, 2.05) is 13.8 Å². The van der Waals surface area contributed by atoms with Crippen molar-refractivity contribution in [3.8, 4) is 12.3 Å². The van der Waals surface area contributed by atoms with Crippen molar-refractivity contribution in [3.63, 3.8) is 0 Å². The molecule has 0 spiro atoms. The van der Waals surface area contributed by atoms with Crippen LogP contribution in [0.1, 0.15) is 46.5 Å². The number of terminal acetylenes is 1. The van der Waals surface area contributed by atoms with E-state index in [1.165, 1.54) is 19.3 Å². The Hall–Kier alpha value is -0.560. The van der Waals surface area contributed by atoms with Crippen LogP contribution in [0.5, 0.6) is 0 Å². The highest BCUT2D eigenvalue weighted by Crippen LogP contribution is 2.18. The zero-order valence-electron chi connectivity index (χ0n) is 12.0. The van der Waals surface area contributed by atoms with Crippen LogP contribution < -0.4 is 0 Å². The number of rotatable bonds is 6. The Morgan fingerprint density at radius 3 is 2.83 bits per heavy atom. The molecule has 0 saturated carbocycles. The number of piperidine rings is 1. The fraction of sp³-hybridized carbons (Fsp3) is 0.867. The largest absolute Gasteiger partial charge is 0.389 e. The second kappa shape index (κ2) is 7.13. The van der Waals surface area contributed by atoms with E-state index in [1.54, 1.807) is 0 Å². The van der Waals surface area contributed by atoms with E-state index in [-0.39, 0.29) is 5.60 Å². The van der Waals surface area contributed by atoms with E-state index in [9.17, 15) is 5.11 Å². The predicted molar refractivity (Wildman–Crippen MR) is 74.4 cm³/mol. The van der Waals surface area contributed by atoms with Gasteiger partial charge < -0.3 is 9.84 Å². The van der Waals surface area contributed by atoms with Gasteiger partial charge in [0.2, 0.25) is 0 Å². The first-order chi connectivity index (χ1) is 8.44. The Bertz CT molecular complexity index is 283. The maximum atomic E-state index is 10.0. The van der Waals surface area contributed by atoms with Crippen molar-refractivity contribution in [2.75, 3.05) is 19.7 Å². The lowest BCUT2D eigenvalue weighted by Gasteiger charge is -2.35. The van der Waals surface area contributed by atoms with E-state index < -0.39 is 6.10 Å². The maximum absolute atomic E-state index is 10.0. The van der Waals surface area contributed by atoms with E-state index in [4.69, 9.17) is 11.2 Å². The number of nitrogens with zero attached hydrogens (tertiary/aromatic N) is 1. The third-order valence-electron chi connectivity index (χ3n) is 3.58. The minimum Gasteiger partial charge on any atom is -0.389 e. The van der Waals surface area contributed by atoms with Gasteiger partial charge in [-0.1, -0.05) is 6.42 Å². The lowest BCUT2D eigenvalue weighted by Crippen LogP contribution is -2.44. The second-order valence-electron chi connectivity index (χ2n) is 5.95. The molecular formula is C15H27NO2. The molecule has 0 aliphatic carbocycles. The molecule has 0 aromatic carbocycles. The van der Waals surface area contributed by atoms with Gasteiger partial charge in [0.1, 0.15) is 0 Å². The van der Waals surface area contributed by atoms with Crippen molar-refractivity contribution < 1.29 is 9.84 Å². The van der Waals surface area contributed by atoms with Crippen LogP contribution in [0.3, 0.4) is 0 Å². The van der Waals surface area contributed by atoms with Crippen molar-refractivity contribution in [2.45, 2.75) is 64.2 Å². The highest BCUT2D eigenvalue weighted by Gasteiger charge is 2.23. The lowest BCUT2D eigenvalue weighted by atomic mass is 10.0. The summed E-state index contributed by atoms with van der Waals surface area (Å²) in [4.78, 5) is 2.35. The van der Waals surface area contributed by atoms with Gasteiger partial charge in [-0.3, -0.25) is 4.90 Å². The monoisotopic (exact) mass is 253 g/mol. The van der Waals surface area contributed by atoms with Crippen LogP contribution in [-0.4, -0.2) is 47.4 Å². The smallest absolute Gasteiger partial charge is 0.0900 e. The number of hydrogen-bond acceptors (Lipinski definition) is 3. The Kier molecular flexibility index (Phi) is 6.14.